The Hall–Kier alpha value is -2.12. The summed E-state index contributed by atoms with van der Waals surface area (Å²) in [6.07, 6.45) is 3.54. The summed E-state index contributed by atoms with van der Waals surface area (Å²) < 4.78 is 0. The molecule has 2 rings (SSSR count). The van der Waals surface area contributed by atoms with Crippen molar-refractivity contribution in [3.63, 3.8) is 0 Å². The maximum Gasteiger partial charge on any atom is 2.00 e. The largest absolute Gasteiger partial charge is 2.00 e. The summed E-state index contributed by atoms with van der Waals surface area (Å²) in [5.74, 6) is -0.333. The summed E-state index contributed by atoms with van der Waals surface area (Å²) in [5, 5.41) is 13.4. The normalized spacial score (nSPS) is 7.45. The number of nitriles is 1. The van der Waals surface area contributed by atoms with Gasteiger partial charge in [0.2, 0.25) is 0 Å². The van der Waals surface area contributed by atoms with Gasteiger partial charge in [0.15, 0.2) is 0 Å². The van der Waals surface area contributed by atoms with Crippen LogP contribution in [0.4, 0.5) is 0 Å². The molecule has 0 aliphatic rings. The monoisotopic (exact) mass is 362 g/mol. The van der Waals surface area contributed by atoms with Crippen molar-refractivity contribution in [3.05, 3.63) is 48.8 Å². The first kappa shape index (κ1) is 20.2. The van der Waals surface area contributed by atoms with Crippen molar-refractivity contribution in [1.82, 2.24) is 9.97 Å². The maximum atomic E-state index is 7.64. The molecule has 6 heteroatoms. The number of pyridine rings is 2. The van der Waals surface area contributed by atoms with Gasteiger partial charge in [0.05, 0.1) is 17.5 Å². The molecule has 3 N–H and O–H groups in total. The molecule has 0 spiro atoms. The van der Waals surface area contributed by atoms with Gasteiger partial charge in [-0.25, -0.2) is 4.79 Å². The number of hydrogen-bond acceptors (Lipinski definition) is 3. The second-order valence-electron chi connectivity index (χ2n) is 3.24. The Labute approximate surface area is 131 Å². The van der Waals surface area contributed by atoms with Crippen LogP contribution in [-0.2, 0) is 19.5 Å². The van der Waals surface area contributed by atoms with Crippen LogP contribution in [0.25, 0.3) is 11.4 Å². The number of nitrogens with zero attached hydrogens (tertiary/aromatic N) is 3. The summed E-state index contributed by atoms with van der Waals surface area (Å²) in [6, 6.07) is 13.3. The van der Waals surface area contributed by atoms with Crippen LogP contribution in [0.1, 0.15) is 13.8 Å². The Balaban J connectivity index is 0. The molecule has 2 aromatic heterocycles. The average molecular weight is 362 g/mol. The summed E-state index contributed by atoms with van der Waals surface area (Å²) >= 11 is 0. The third-order valence-corrected chi connectivity index (χ3v) is 1.59. The average Bonchev–Trinajstić information content (AvgIpc) is 2.41. The number of rotatable bonds is 1. The molecule has 5 nitrogen and oxygen atoms in total. The molecule has 0 aromatic carbocycles. The molecule has 2 aromatic rings. The predicted octanol–water partition coefficient (Wildman–Crippen LogP) is 1.90. The molecule has 20 heavy (non-hydrogen) atoms. The molecule has 0 amide bonds. The van der Waals surface area contributed by atoms with E-state index >= 15 is 0 Å². The second-order valence-corrected chi connectivity index (χ2v) is 3.24. The van der Waals surface area contributed by atoms with Gasteiger partial charge in [0.25, 0.3) is 0 Å². The zero-order valence-electron chi connectivity index (χ0n) is 11.2. The molecular formula is C14H17N3O2Rh+4. The standard InChI is InChI=1S/C10H8N2.C2H3N.C2H4O2.Rh/c1-3-7-11-9(5-1)10-6-2-4-8-12-10;1-2-3;1-2(3)4;/h1-8H;1H3;1H3,(H,3,4);/q;;;+2/p+2. The van der Waals surface area contributed by atoms with Crippen molar-refractivity contribution >= 4 is 5.97 Å². The second kappa shape index (κ2) is 13.3. The third kappa shape index (κ3) is 11.0. The van der Waals surface area contributed by atoms with E-state index in [2.05, 4.69) is 9.97 Å². The van der Waals surface area contributed by atoms with Crippen LogP contribution in [0, 0.1) is 11.3 Å². The first-order valence-electron chi connectivity index (χ1n) is 5.49. The Bertz CT molecular complexity index is 471. The van der Waals surface area contributed by atoms with E-state index in [1.807, 2.05) is 36.4 Å². The van der Waals surface area contributed by atoms with E-state index in [1.54, 1.807) is 18.5 Å². The topological polar surface area (TPSA) is 93.9 Å². The summed E-state index contributed by atoms with van der Waals surface area (Å²) in [7, 11) is 0. The van der Waals surface area contributed by atoms with Gasteiger partial charge >= 0.3 is 25.4 Å². The van der Waals surface area contributed by atoms with E-state index in [0.29, 0.717) is 0 Å². The fourth-order valence-corrected chi connectivity index (χ4v) is 1.03. The molecule has 0 aliphatic heterocycles. The molecule has 1 radical (unpaired) electrons. The maximum absolute atomic E-state index is 7.64. The van der Waals surface area contributed by atoms with Crippen LogP contribution in [0.15, 0.2) is 48.8 Å². The van der Waals surface area contributed by atoms with E-state index in [-0.39, 0.29) is 25.4 Å². The summed E-state index contributed by atoms with van der Waals surface area (Å²) in [5.41, 5.74) is 1.83. The van der Waals surface area contributed by atoms with Gasteiger partial charge in [0, 0.05) is 19.3 Å². The predicted molar refractivity (Wildman–Crippen MR) is 75.0 cm³/mol. The van der Waals surface area contributed by atoms with Crippen molar-refractivity contribution in [1.29, 1.82) is 5.26 Å². The fraction of sp³-hybridized carbons (Fsp3) is 0.143. The first-order chi connectivity index (χ1) is 9.11. The van der Waals surface area contributed by atoms with Gasteiger partial charge in [-0.1, -0.05) is 12.1 Å². The van der Waals surface area contributed by atoms with E-state index in [4.69, 9.17) is 15.2 Å². The van der Waals surface area contributed by atoms with Crippen molar-refractivity contribution in [2.24, 2.45) is 0 Å². The third-order valence-electron chi connectivity index (χ3n) is 1.59. The molecule has 0 unspecified atom stereocenters. The van der Waals surface area contributed by atoms with Crippen LogP contribution < -0.4 is 0 Å². The zero-order valence-corrected chi connectivity index (χ0v) is 12.9. The summed E-state index contributed by atoms with van der Waals surface area (Å²) in [4.78, 5) is 16.0. The molecule has 0 bridgehead atoms. The Morgan fingerprint density at radius 3 is 1.60 bits per heavy atom. The van der Waals surface area contributed by atoms with Gasteiger partial charge in [-0.15, -0.1) is 0 Å². The quantitative estimate of drug-likeness (QED) is 0.573. The SMILES string of the molecule is CC#N.CC(=[OH+])[OH2+].[Rh+2].c1ccc(-c2ccccn2)nc1. The van der Waals surface area contributed by atoms with Gasteiger partial charge in [-0.05, 0) is 24.3 Å². The van der Waals surface area contributed by atoms with E-state index in [0.717, 1.165) is 11.4 Å². The molecule has 105 valence electrons. The van der Waals surface area contributed by atoms with Crippen LogP contribution in [0.5, 0.6) is 0 Å². The van der Waals surface area contributed by atoms with Crippen LogP contribution in [-0.4, -0.2) is 25.8 Å². The van der Waals surface area contributed by atoms with Gasteiger partial charge in [-0.2, -0.15) is 5.26 Å². The molecule has 0 fully saturated rings. The Morgan fingerprint density at radius 1 is 1.10 bits per heavy atom. The van der Waals surface area contributed by atoms with E-state index in [1.165, 1.54) is 13.8 Å². The van der Waals surface area contributed by atoms with E-state index < -0.39 is 0 Å². The van der Waals surface area contributed by atoms with Crippen molar-refractivity contribution in [3.8, 4) is 17.5 Å². The minimum absolute atomic E-state index is 0. The minimum Gasteiger partial charge on any atom is -0.524 e. The van der Waals surface area contributed by atoms with Crippen LogP contribution in [0.2, 0.25) is 0 Å². The molecule has 0 aliphatic carbocycles. The smallest absolute Gasteiger partial charge is 0.524 e. The molecule has 0 atom stereocenters. The molecule has 0 saturated heterocycles. The first-order valence-corrected chi connectivity index (χ1v) is 5.49. The number of aromatic nitrogens is 2. The number of hydrogen-bond donors (Lipinski definition) is 0. The Morgan fingerprint density at radius 2 is 1.40 bits per heavy atom. The van der Waals surface area contributed by atoms with Crippen molar-refractivity contribution in [2.75, 3.05) is 0 Å². The van der Waals surface area contributed by atoms with Crippen LogP contribution in [0.3, 0.4) is 0 Å². The number of carbonyl (C=O) groups excluding carboxylic acids is 1. The minimum atomic E-state index is -0.333. The van der Waals surface area contributed by atoms with Gasteiger partial charge < -0.3 is 5.11 Å². The van der Waals surface area contributed by atoms with Crippen LogP contribution >= 0.6 is 0 Å². The fourth-order valence-electron chi connectivity index (χ4n) is 1.03. The summed E-state index contributed by atoms with van der Waals surface area (Å²) in [6.45, 7) is 2.74. The molecule has 0 saturated carbocycles. The zero-order chi connectivity index (χ0) is 14.5. The van der Waals surface area contributed by atoms with E-state index in [9.17, 15) is 0 Å². The van der Waals surface area contributed by atoms with Gasteiger partial charge in [0.1, 0.15) is 6.92 Å². The Kier molecular flexibility index (Phi) is 13.5. The molecule has 2 heterocycles. The van der Waals surface area contributed by atoms with Gasteiger partial charge in [-0.3, -0.25) is 9.97 Å². The van der Waals surface area contributed by atoms with Crippen molar-refractivity contribution < 1.29 is 29.4 Å². The van der Waals surface area contributed by atoms with Crippen molar-refractivity contribution in [2.45, 2.75) is 13.8 Å². The molecular weight excluding hydrogens is 345 g/mol.